The zero-order valence-electron chi connectivity index (χ0n) is 14.3. The molecule has 8 nitrogen and oxygen atoms in total. The number of ketones is 1. The number of nitrogens with one attached hydrogen (secondary N) is 1. The molecule has 0 aliphatic carbocycles. The maximum absolute atomic E-state index is 12.2. The lowest BCUT2D eigenvalue weighted by Crippen LogP contribution is -2.47. The second kappa shape index (κ2) is 10.9. The highest BCUT2D eigenvalue weighted by molar-refractivity contribution is 5.90. The Morgan fingerprint density at radius 3 is 1.92 bits per heavy atom. The number of alkyl carbamates (subject to hydrolysis) is 1. The third-order valence-electron chi connectivity index (χ3n) is 2.69. The van der Waals surface area contributed by atoms with E-state index in [1.165, 1.54) is 20.8 Å². The van der Waals surface area contributed by atoms with Crippen molar-refractivity contribution in [2.75, 3.05) is 13.2 Å². The van der Waals surface area contributed by atoms with Crippen molar-refractivity contribution < 1.29 is 51.3 Å². The van der Waals surface area contributed by atoms with E-state index in [9.17, 15) is 31.9 Å². The molecule has 0 rings (SSSR count). The van der Waals surface area contributed by atoms with Gasteiger partial charge in [-0.3, -0.25) is 9.59 Å². The molecule has 2 N–H and O–H groups in total. The molecule has 1 amide bonds. The summed E-state index contributed by atoms with van der Waals surface area (Å²) >= 11 is 0. The largest absolute Gasteiger partial charge is 0.481 e. The smallest absolute Gasteiger partial charge is 0.408 e. The van der Waals surface area contributed by atoms with Crippen LogP contribution in [0.2, 0.25) is 0 Å². The van der Waals surface area contributed by atoms with E-state index in [-0.39, 0.29) is 0 Å². The minimum atomic E-state index is -3.25. The van der Waals surface area contributed by atoms with Gasteiger partial charge in [0, 0.05) is 6.42 Å². The van der Waals surface area contributed by atoms with Crippen molar-refractivity contribution >= 4 is 17.8 Å². The Balaban J connectivity index is 5.00. The number of halogens is 4. The lowest BCUT2D eigenvalue weighted by molar-refractivity contribution is -0.162. The van der Waals surface area contributed by atoms with Gasteiger partial charge in [0.1, 0.15) is 11.6 Å². The van der Waals surface area contributed by atoms with Crippen molar-refractivity contribution in [2.45, 2.75) is 52.1 Å². The lowest BCUT2D eigenvalue weighted by atomic mass is 9.99. The number of carbonyl (C=O) groups excluding carboxylic acids is 2. The van der Waals surface area contributed by atoms with Crippen LogP contribution in [0, 0.1) is 5.92 Å². The average molecular weight is 391 g/mol. The van der Waals surface area contributed by atoms with E-state index < -0.39 is 68.3 Å². The Hall–Kier alpha value is -1.95. The molecule has 0 aromatic rings. The van der Waals surface area contributed by atoms with Gasteiger partial charge < -0.3 is 24.6 Å². The fourth-order valence-electron chi connectivity index (χ4n) is 1.63. The maximum Gasteiger partial charge on any atom is 0.408 e. The van der Waals surface area contributed by atoms with E-state index in [1.54, 1.807) is 0 Å². The van der Waals surface area contributed by atoms with Gasteiger partial charge in [0.15, 0.2) is 5.78 Å². The third-order valence-corrected chi connectivity index (χ3v) is 2.69. The molecule has 0 fully saturated rings. The highest BCUT2D eigenvalue weighted by Crippen LogP contribution is 2.12. The van der Waals surface area contributed by atoms with Gasteiger partial charge in [0.25, 0.3) is 0 Å². The molecule has 0 aromatic carbocycles. The number of carboxylic acid groups (broad SMARTS) is 1. The number of ether oxygens (including phenoxy) is 3. The summed E-state index contributed by atoms with van der Waals surface area (Å²) in [6.07, 6.45) is -1.97. The Morgan fingerprint density at radius 1 is 1.00 bits per heavy atom. The fraction of sp³-hybridized carbons (Fsp3) is 0.786. The van der Waals surface area contributed by atoms with E-state index in [2.05, 4.69) is 9.47 Å². The van der Waals surface area contributed by atoms with Gasteiger partial charge in [-0.2, -0.15) is 17.6 Å². The molecule has 0 bridgehead atoms. The zero-order valence-corrected chi connectivity index (χ0v) is 14.3. The predicted molar refractivity (Wildman–Crippen MR) is 77.8 cm³/mol. The number of carboxylic acids is 1. The molecule has 0 radical (unpaired) electrons. The topological polar surface area (TPSA) is 111 Å². The Morgan fingerprint density at radius 2 is 1.50 bits per heavy atom. The molecule has 2 atom stereocenters. The van der Waals surface area contributed by atoms with Crippen LogP contribution < -0.4 is 5.32 Å². The van der Waals surface area contributed by atoms with Gasteiger partial charge in [-0.25, -0.2) is 4.79 Å². The summed E-state index contributed by atoms with van der Waals surface area (Å²) in [6.45, 7) is -3.89. The van der Waals surface area contributed by atoms with Crippen molar-refractivity contribution in [1.82, 2.24) is 5.32 Å². The number of hydrogen-bond donors (Lipinski definition) is 2. The molecule has 0 heterocycles. The number of amides is 1. The minimum absolute atomic E-state index is 0.852. The molecule has 0 saturated carbocycles. The van der Waals surface area contributed by atoms with Gasteiger partial charge >= 0.3 is 25.3 Å². The van der Waals surface area contributed by atoms with Crippen LogP contribution in [0.3, 0.4) is 0 Å². The van der Waals surface area contributed by atoms with Crippen LogP contribution >= 0.6 is 0 Å². The van der Waals surface area contributed by atoms with Gasteiger partial charge in [0.2, 0.25) is 0 Å². The van der Waals surface area contributed by atoms with Crippen LogP contribution in [-0.4, -0.2) is 61.0 Å². The summed E-state index contributed by atoms with van der Waals surface area (Å²) in [4.78, 5) is 34.8. The van der Waals surface area contributed by atoms with Gasteiger partial charge in [-0.15, -0.1) is 0 Å². The standard InChI is InChI=1S/C14H21F4NO7/c1-14(2,3)26-13(23)19-8(6-25-12(17)18)9(20)4-7(10(21)22)5-24-11(15)16/h7-8,11-12H,4-6H2,1-3H3,(H,19,23)(H,21,22)/t7-,8-/m0/s1. The quantitative estimate of drug-likeness (QED) is 0.518. The van der Waals surface area contributed by atoms with Crippen molar-refractivity contribution in [2.24, 2.45) is 5.92 Å². The summed E-state index contributed by atoms with van der Waals surface area (Å²) in [5.41, 5.74) is -0.948. The molecule has 0 aromatic heterocycles. The van der Waals surface area contributed by atoms with Crippen LogP contribution in [-0.2, 0) is 23.8 Å². The lowest BCUT2D eigenvalue weighted by Gasteiger charge is -2.23. The first kappa shape index (κ1) is 24.1. The van der Waals surface area contributed by atoms with Crippen LogP contribution in [0.4, 0.5) is 22.4 Å². The number of Topliss-reactive ketones (excluding diaryl/α,β-unsaturated/α-hetero) is 1. The molecule has 152 valence electrons. The number of hydrogen-bond acceptors (Lipinski definition) is 6. The number of carbonyl (C=O) groups is 3. The maximum atomic E-state index is 12.2. The summed E-state index contributed by atoms with van der Waals surface area (Å²) in [5.74, 6) is -4.29. The summed E-state index contributed by atoms with van der Waals surface area (Å²) < 4.78 is 61.1. The molecule has 12 heteroatoms. The molecule has 26 heavy (non-hydrogen) atoms. The van der Waals surface area contributed by atoms with E-state index in [0.717, 1.165) is 0 Å². The Bertz CT molecular complexity index is 482. The molecular weight excluding hydrogens is 370 g/mol. The van der Waals surface area contributed by atoms with Crippen molar-refractivity contribution in [3.63, 3.8) is 0 Å². The van der Waals surface area contributed by atoms with Gasteiger partial charge in [-0.1, -0.05) is 0 Å². The van der Waals surface area contributed by atoms with Crippen molar-refractivity contribution in [1.29, 1.82) is 0 Å². The highest BCUT2D eigenvalue weighted by Gasteiger charge is 2.30. The van der Waals surface area contributed by atoms with E-state index in [1.807, 2.05) is 5.32 Å². The monoisotopic (exact) mass is 391 g/mol. The number of alkyl halides is 4. The number of aliphatic carboxylic acids is 1. The molecule has 0 spiro atoms. The van der Waals surface area contributed by atoms with Crippen LogP contribution in [0.1, 0.15) is 27.2 Å². The highest BCUT2D eigenvalue weighted by atomic mass is 19.3. The third kappa shape index (κ3) is 11.6. The Kier molecular flexibility index (Phi) is 10.1. The normalized spacial score (nSPS) is 14.2. The van der Waals surface area contributed by atoms with Crippen molar-refractivity contribution in [3.05, 3.63) is 0 Å². The van der Waals surface area contributed by atoms with E-state index in [4.69, 9.17) is 9.84 Å². The van der Waals surface area contributed by atoms with Crippen LogP contribution in [0.15, 0.2) is 0 Å². The molecular formula is C14H21F4NO7. The van der Waals surface area contributed by atoms with Crippen LogP contribution in [0.5, 0.6) is 0 Å². The predicted octanol–water partition coefficient (Wildman–Crippen LogP) is 2.02. The first-order valence-corrected chi connectivity index (χ1v) is 7.36. The second-order valence-corrected chi connectivity index (χ2v) is 6.09. The zero-order chi connectivity index (χ0) is 20.5. The fourth-order valence-corrected chi connectivity index (χ4v) is 1.63. The molecule has 0 unspecified atom stereocenters. The SMILES string of the molecule is CC(C)(C)OC(=O)N[C@@H](COC(F)F)C(=O)C[C@@H](COC(F)F)C(=O)O. The summed E-state index contributed by atoms with van der Waals surface area (Å²) in [7, 11) is 0. The van der Waals surface area contributed by atoms with Crippen molar-refractivity contribution in [3.8, 4) is 0 Å². The first-order valence-electron chi connectivity index (χ1n) is 7.36. The van der Waals surface area contributed by atoms with Crippen LogP contribution in [0.25, 0.3) is 0 Å². The van der Waals surface area contributed by atoms with E-state index >= 15 is 0 Å². The van der Waals surface area contributed by atoms with E-state index in [0.29, 0.717) is 0 Å². The summed E-state index contributed by atoms with van der Waals surface area (Å²) in [5, 5.41) is 10.9. The minimum Gasteiger partial charge on any atom is -0.481 e. The first-order chi connectivity index (χ1) is 11.8. The van der Waals surface area contributed by atoms with Gasteiger partial charge in [0.05, 0.1) is 19.1 Å². The second-order valence-electron chi connectivity index (χ2n) is 6.09. The molecule has 0 aliphatic rings. The Labute approximate surface area is 146 Å². The van der Waals surface area contributed by atoms with Gasteiger partial charge in [-0.05, 0) is 20.8 Å². The molecule has 0 aliphatic heterocycles. The summed E-state index contributed by atoms with van der Waals surface area (Å²) in [6, 6.07) is -1.66. The number of rotatable bonds is 11. The molecule has 0 saturated heterocycles. The average Bonchev–Trinajstić information content (AvgIpc) is 2.44.